The summed E-state index contributed by atoms with van der Waals surface area (Å²) in [5.41, 5.74) is 2.31. The molecular weight excluding hydrogens is 430 g/mol. The standard InChI is InChI=1S/C22H29N5O4S/c1-5-27-19-9-7-6-8-18(19)24-21(27)15(3)23-22(28)17-10-12-26(13-11-17)32(29,30)20-14(2)25-31-16(20)4/h6-9,15,17H,5,10-13H2,1-4H3,(H,23,28). The van der Waals surface area contributed by atoms with Gasteiger partial charge in [0.1, 0.15) is 16.4 Å². The van der Waals surface area contributed by atoms with Crippen molar-refractivity contribution >= 4 is 27.0 Å². The highest BCUT2D eigenvalue weighted by molar-refractivity contribution is 7.89. The van der Waals surface area contributed by atoms with Crippen LogP contribution in [0.5, 0.6) is 0 Å². The Bertz CT molecular complexity index is 1220. The fourth-order valence-corrected chi connectivity index (χ4v) is 6.24. The van der Waals surface area contributed by atoms with Crippen molar-refractivity contribution in [3.8, 4) is 0 Å². The van der Waals surface area contributed by atoms with Crippen LogP contribution in [0.15, 0.2) is 33.7 Å². The van der Waals surface area contributed by atoms with Crippen molar-refractivity contribution < 1.29 is 17.7 Å². The van der Waals surface area contributed by atoms with E-state index in [4.69, 9.17) is 9.51 Å². The lowest BCUT2D eigenvalue weighted by Gasteiger charge is -2.31. The summed E-state index contributed by atoms with van der Waals surface area (Å²) in [5.74, 6) is 0.796. The van der Waals surface area contributed by atoms with Crippen LogP contribution in [0.4, 0.5) is 0 Å². The van der Waals surface area contributed by atoms with Crippen LogP contribution in [-0.2, 0) is 21.4 Å². The number of nitrogens with one attached hydrogen (secondary N) is 1. The molecule has 172 valence electrons. The van der Waals surface area contributed by atoms with E-state index in [0.717, 1.165) is 23.4 Å². The topological polar surface area (TPSA) is 110 Å². The number of imidazole rings is 1. The zero-order valence-electron chi connectivity index (χ0n) is 18.8. The van der Waals surface area contributed by atoms with Gasteiger partial charge >= 0.3 is 0 Å². The molecule has 1 N–H and O–H groups in total. The molecule has 1 atom stereocenters. The van der Waals surface area contributed by atoms with Gasteiger partial charge in [-0.15, -0.1) is 0 Å². The van der Waals surface area contributed by atoms with Gasteiger partial charge in [-0.1, -0.05) is 17.3 Å². The second kappa shape index (κ2) is 8.67. The average molecular weight is 460 g/mol. The minimum atomic E-state index is -3.69. The first kappa shape index (κ1) is 22.5. The predicted molar refractivity (Wildman–Crippen MR) is 119 cm³/mol. The van der Waals surface area contributed by atoms with Crippen LogP contribution >= 0.6 is 0 Å². The highest BCUT2D eigenvalue weighted by atomic mass is 32.2. The van der Waals surface area contributed by atoms with Crippen LogP contribution in [0.25, 0.3) is 11.0 Å². The summed E-state index contributed by atoms with van der Waals surface area (Å²) in [6, 6.07) is 7.67. The molecule has 1 aliphatic heterocycles. The molecule has 9 nitrogen and oxygen atoms in total. The first-order valence-electron chi connectivity index (χ1n) is 10.9. The van der Waals surface area contributed by atoms with E-state index in [1.54, 1.807) is 13.8 Å². The smallest absolute Gasteiger partial charge is 0.248 e. The van der Waals surface area contributed by atoms with Crippen LogP contribution in [0.3, 0.4) is 0 Å². The molecule has 1 amide bonds. The van der Waals surface area contributed by atoms with E-state index in [-0.39, 0.29) is 41.6 Å². The van der Waals surface area contributed by atoms with Crippen LogP contribution in [-0.4, -0.2) is 46.4 Å². The lowest BCUT2D eigenvalue weighted by Crippen LogP contribution is -2.43. The predicted octanol–water partition coefficient (Wildman–Crippen LogP) is 2.94. The fraction of sp³-hybridized carbons (Fsp3) is 0.500. The Kier molecular flexibility index (Phi) is 6.09. The van der Waals surface area contributed by atoms with Gasteiger partial charge in [-0.2, -0.15) is 4.31 Å². The van der Waals surface area contributed by atoms with Gasteiger partial charge in [0, 0.05) is 25.6 Å². The summed E-state index contributed by atoms with van der Waals surface area (Å²) < 4.78 is 34.6. The maximum Gasteiger partial charge on any atom is 0.248 e. The Morgan fingerprint density at radius 2 is 1.94 bits per heavy atom. The van der Waals surface area contributed by atoms with Crippen molar-refractivity contribution in [1.29, 1.82) is 0 Å². The van der Waals surface area contributed by atoms with Crippen molar-refractivity contribution in [2.75, 3.05) is 13.1 Å². The molecule has 0 aliphatic carbocycles. The molecule has 0 spiro atoms. The number of aromatic nitrogens is 3. The highest BCUT2D eigenvalue weighted by Crippen LogP contribution is 2.28. The summed E-state index contributed by atoms with van der Waals surface area (Å²) in [5, 5.41) is 6.84. The molecule has 0 bridgehead atoms. The quantitative estimate of drug-likeness (QED) is 0.607. The molecule has 1 unspecified atom stereocenters. The van der Waals surface area contributed by atoms with Gasteiger partial charge in [-0.25, -0.2) is 13.4 Å². The van der Waals surface area contributed by atoms with Crippen LogP contribution < -0.4 is 5.32 Å². The number of fused-ring (bicyclic) bond motifs is 1. The summed E-state index contributed by atoms with van der Waals surface area (Å²) in [6.07, 6.45) is 0.927. The molecule has 0 saturated carbocycles. The number of rotatable bonds is 6. The zero-order valence-corrected chi connectivity index (χ0v) is 19.6. The number of amides is 1. The van der Waals surface area contributed by atoms with Crippen LogP contribution in [0.2, 0.25) is 0 Å². The van der Waals surface area contributed by atoms with E-state index in [2.05, 4.69) is 22.0 Å². The molecule has 1 fully saturated rings. The van der Waals surface area contributed by atoms with Crippen molar-refractivity contribution in [2.24, 2.45) is 5.92 Å². The molecule has 2 aromatic heterocycles. The molecule has 3 aromatic rings. The molecule has 10 heteroatoms. The maximum atomic E-state index is 13.0. The van der Waals surface area contributed by atoms with Crippen molar-refractivity contribution in [3.63, 3.8) is 0 Å². The number of carbonyl (C=O) groups is 1. The minimum Gasteiger partial charge on any atom is -0.360 e. The molecule has 3 heterocycles. The number of piperidine rings is 1. The number of hydrogen-bond acceptors (Lipinski definition) is 6. The highest BCUT2D eigenvalue weighted by Gasteiger charge is 2.35. The van der Waals surface area contributed by atoms with Gasteiger partial charge in [0.25, 0.3) is 0 Å². The zero-order chi connectivity index (χ0) is 23.0. The van der Waals surface area contributed by atoms with Crippen molar-refractivity contribution in [1.82, 2.24) is 24.3 Å². The lowest BCUT2D eigenvalue weighted by molar-refractivity contribution is -0.126. The Hall–Kier alpha value is -2.72. The number of para-hydroxylation sites is 2. The number of sulfonamides is 1. The second-order valence-electron chi connectivity index (χ2n) is 8.26. The molecule has 0 radical (unpaired) electrons. The largest absolute Gasteiger partial charge is 0.360 e. The third kappa shape index (κ3) is 3.93. The van der Waals surface area contributed by atoms with Gasteiger partial charge in [0.15, 0.2) is 5.76 Å². The third-order valence-corrected chi connectivity index (χ3v) is 8.28. The van der Waals surface area contributed by atoms with E-state index < -0.39 is 10.0 Å². The summed E-state index contributed by atoms with van der Waals surface area (Å²) in [7, 11) is -3.69. The van der Waals surface area contributed by atoms with Gasteiger partial charge in [-0.3, -0.25) is 4.79 Å². The van der Waals surface area contributed by atoms with E-state index >= 15 is 0 Å². The molecule has 1 saturated heterocycles. The van der Waals surface area contributed by atoms with E-state index in [9.17, 15) is 13.2 Å². The normalized spacial score (nSPS) is 17.0. The molecule has 4 rings (SSSR count). The Balaban J connectivity index is 1.42. The number of carbonyl (C=O) groups excluding carboxylic acids is 1. The number of hydrogen-bond donors (Lipinski definition) is 1. The van der Waals surface area contributed by atoms with Crippen molar-refractivity contribution in [2.45, 2.75) is 58.0 Å². The monoisotopic (exact) mass is 459 g/mol. The van der Waals surface area contributed by atoms with E-state index in [1.807, 2.05) is 31.2 Å². The fourth-order valence-electron chi connectivity index (χ4n) is 4.48. The Morgan fingerprint density at radius 1 is 1.25 bits per heavy atom. The summed E-state index contributed by atoms with van der Waals surface area (Å²) >= 11 is 0. The SMILES string of the molecule is CCn1c(C(C)NC(=O)C2CCN(S(=O)(=O)c3c(C)noc3C)CC2)nc2ccccc21. The Morgan fingerprint density at radius 3 is 2.56 bits per heavy atom. The molecule has 32 heavy (non-hydrogen) atoms. The lowest BCUT2D eigenvalue weighted by atomic mass is 9.97. The van der Waals surface area contributed by atoms with Gasteiger partial charge < -0.3 is 14.4 Å². The Labute approximate surface area is 187 Å². The van der Waals surface area contributed by atoms with Gasteiger partial charge in [-0.05, 0) is 52.7 Å². The van der Waals surface area contributed by atoms with Gasteiger partial charge in [0.05, 0.1) is 17.1 Å². The van der Waals surface area contributed by atoms with E-state index in [0.29, 0.717) is 18.5 Å². The van der Waals surface area contributed by atoms with Gasteiger partial charge in [0.2, 0.25) is 15.9 Å². The maximum absolute atomic E-state index is 13.0. The number of aryl methyl sites for hydroxylation is 3. The summed E-state index contributed by atoms with van der Waals surface area (Å²) in [6.45, 7) is 8.53. The first-order chi connectivity index (χ1) is 15.2. The summed E-state index contributed by atoms with van der Waals surface area (Å²) in [4.78, 5) is 17.8. The number of nitrogens with zero attached hydrogens (tertiary/aromatic N) is 4. The second-order valence-corrected chi connectivity index (χ2v) is 10.1. The van der Waals surface area contributed by atoms with Crippen molar-refractivity contribution in [3.05, 3.63) is 41.5 Å². The molecule has 1 aliphatic rings. The van der Waals surface area contributed by atoms with Crippen LogP contribution in [0, 0.1) is 19.8 Å². The molecular formula is C22H29N5O4S. The van der Waals surface area contributed by atoms with E-state index in [1.165, 1.54) is 4.31 Å². The number of benzene rings is 1. The third-order valence-electron chi connectivity index (χ3n) is 6.14. The minimum absolute atomic E-state index is 0.0680. The average Bonchev–Trinajstić information content (AvgIpc) is 3.33. The van der Waals surface area contributed by atoms with Crippen LogP contribution in [0.1, 0.15) is 50.0 Å². The first-order valence-corrected chi connectivity index (χ1v) is 12.4. The molecule has 1 aromatic carbocycles.